The van der Waals surface area contributed by atoms with E-state index in [1.165, 1.54) is 6.42 Å². The minimum Gasteiger partial charge on any atom is -0.481 e. The third-order valence-electron chi connectivity index (χ3n) is 7.21. The lowest BCUT2D eigenvalue weighted by molar-refractivity contribution is -0.655. The first kappa shape index (κ1) is 23.3. The number of carbonyl (C=O) groups excluding carboxylic acids is 1. The van der Waals surface area contributed by atoms with Crippen molar-refractivity contribution in [1.29, 1.82) is 0 Å². The number of aryl methyl sites for hydroxylation is 2. The molecule has 2 aromatic carbocycles. The van der Waals surface area contributed by atoms with Gasteiger partial charge in [-0.2, -0.15) is 0 Å². The van der Waals surface area contributed by atoms with Crippen molar-refractivity contribution in [3.05, 3.63) is 59.9 Å². The van der Waals surface area contributed by atoms with Crippen LogP contribution in [0.1, 0.15) is 51.4 Å². The quantitative estimate of drug-likeness (QED) is 0.360. The number of aromatic nitrogens is 2. The number of ether oxygens (including phenoxy) is 2. The highest BCUT2D eigenvalue weighted by Gasteiger charge is 2.34. The molecule has 0 amide bonds. The maximum Gasteiger partial charge on any atom is 0.348 e. The van der Waals surface area contributed by atoms with Crippen molar-refractivity contribution in [2.75, 3.05) is 0 Å². The molecule has 0 spiro atoms. The molecule has 1 saturated carbocycles. The standard InChI is InChI=1S/C28H37N2O3/c1-19(2)22-15-14-20(3)16-26(22)33-28(31)17-30-24-12-8-7-11-23(24)29(5)27(30)18-32-25-13-9-6-10-21(25)4/h6-13,19-20,22,26H,14-18H2,1-5H3/q+1/t20-,22+,26-/m1/s1. The average Bonchev–Trinajstić information content (AvgIpc) is 3.04. The van der Waals surface area contributed by atoms with Crippen molar-refractivity contribution in [3.8, 4) is 5.75 Å². The van der Waals surface area contributed by atoms with Gasteiger partial charge in [0.25, 0.3) is 5.82 Å². The summed E-state index contributed by atoms with van der Waals surface area (Å²) < 4.78 is 16.5. The summed E-state index contributed by atoms with van der Waals surface area (Å²) in [5, 5.41) is 0. The summed E-state index contributed by atoms with van der Waals surface area (Å²) in [5.74, 6) is 3.17. The molecule has 33 heavy (non-hydrogen) atoms. The highest BCUT2D eigenvalue weighted by Crippen LogP contribution is 2.35. The topological polar surface area (TPSA) is 44.3 Å². The van der Waals surface area contributed by atoms with Crippen molar-refractivity contribution in [2.45, 2.75) is 66.2 Å². The van der Waals surface area contributed by atoms with Gasteiger partial charge in [0.1, 0.15) is 11.9 Å². The molecule has 5 heteroatoms. The highest BCUT2D eigenvalue weighted by atomic mass is 16.5. The van der Waals surface area contributed by atoms with E-state index in [1.807, 2.05) is 54.9 Å². The molecule has 3 aromatic rings. The molecule has 0 saturated heterocycles. The minimum atomic E-state index is -0.168. The molecule has 0 bridgehead atoms. The SMILES string of the molecule is Cc1ccccc1OCc1n(CC(=O)O[C@@H]2C[C@H](C)CC[C@H]2C(C)C)c2ccccc2[n+]1C. The highest BCUT2D eigenvalue weighted by molar-refractivity contribution is 5.76. The molecule has 0 N–H and O–H groups in total. The molecular weight excluding hydrogens is 412 g/mol. The molecule has 1 fully saturated rings. The van der Waals surface area contributed by atoms with Crippen LogP contribution in [0, 0.1) is 24.7 Å². The van der Waals surface area contributed by atoms with Gasteiger partial charge in [0.05, 0.1) is 7.05 Å². The van der Waals surface area contributed by atoms with Crippen LogP contribution in [0.3, 0.4) is 0 Å². The number of imidazole rings is 1. The first-order chi connectivity index (χ1) is 15.8. The Morgan fingerprint density at radius 2 is 1.85 bits per heavy atom. The average molecular weight is 450 g/mol. The van der Waals surface area contributed by atoms with Crippen molar-refractivity contribution in [2.24, 2.45) is 24.8 Å². The van der Waals surface area contributed by atoms with Gasteiger partial charge in [-0.15, -0.1) is 0 Å². The maximum absolute atomic E-state index is 13.2. The van der Waals surface area contributed by atoms with Crippen molar-refractivity contribution in [1.82, 2.24) is 4.57 Å². The van der Waals surface area contributed by atoms with Gasteiger partial charge in [0.2, 0.25) is 0 Å². The lowest BCUT2D eigenvalue weighted by atomic mass is 9.75. The second kappa shape index (κ2) is 9.98. The molecule has 5 nitrogen and oxygen atoms in total. The lowest BCUT2D eigenvalue weighted by Crippen LogP contribution is -2.37. The number of para-hydroxylation sites is 3. The normalized spacial score (nSPS) is 20.8. The van der Waals surface area contributed by atoms with Crippen molar-refractivity contribution >= 4 is 17.0 Å². The third kappa shape index (κ3) is 5.07. The van der Waals surface area contributed by atoms with E-state index in [0.717, 1.165) is 41.0 Å². The molecule has 0 unspecified atom stereocenters. The zero-order valence-corrected chi connectivity index (χ0v) is 20.6. The van der Waals surface area contributed by atoms with E-state index in [4.69, 9.17) is 9.47 Å². The molecule has 1 aliphatic carbocycles. The number of rotatable bonds is 7. The Balaban J connectivity index is 1.58. The van der Waals surface area contributed by atoms with Crippen LogP contribution in [0.15, 0.2) is 48.5 Å². The molecule has 1 heterocycles. The Bertz CT molecular complexity index is 1120. The van der Waals surface area contributed by atoms with Crippen molar-refractivity contribution < 1.29 is 18.8 Å². The van der Waals surface area contributed by atoms with Crippen LogP contribution in [0.5, 0.6) is 5.75 Å². The second-order valence-corrected chi connectivity index (χ2v) is 9.96. The molecular formula is C28H37N2O3+. The molecule has 1 aromatic heterocycles. The zero-order chi connectivity index (χ0) is 23.5. The summed E-state index contributed by atoms with van der Waals surface area (Å²) in [6.45, 7) is 9.34. The van der Waals surface area contributed by atoms with Crippen LogP contribution < -0.4 is 9.30 Å². The summed E-state index contributed by atoms with van der Waals surface area (Å²) in [5.41, 5.74) is 3.17. The van der Waals surface area contributed by atoms with Gasteiger partial charge in [-0.25, -0.2) is 13.9 Å². The van der Waals surface area contributed by atoms with Crippen LogP contribution in [0.25, 0.3) is 11.0 Å². The van der Waals surface area contributed by atoms with Crippen LogP contribution in [0.4, 0.5) is 0 Å². The van der Waals surface area contributed by atoms with Gasteiger partial charge >= 0.3 is 5.97 Å². The second-order valence-electron chi connectivity index (χ2n) is 9.96. The summed E-state index contributed by atoms with van der Waals surface area (Å²) in [7, 11) is 2.03. The van der Waals surface area contributed by atoms with Gasteiger partial charge in [-0.1, -0.05) is 57.5 Å². The van der Waals surface area contributed by atoms with E-state index in [2.05, 4.69) is 37.5 Å². The Labute approximate surface area is 197 Å². The van der Waals surface area contributed by atoms with E-state index >= 15 is 0 Å². The number of nitrogens with zero attached hydrogens (tertiary/aromatic N) is 2. The van der Waals surface area contributed by atoms with Crippen LogP contribution in [-0.4, -0.2) is 16.6 Å². The Morgan fingerprint density at radius 3 is 2.61 bits per heavy atom. The Hall–Kier alpha value is -2.82. The van der Waals surface area contributed by atoms with Gasteiger partial charge in [0.15, 0.2) is 24.2 Å². The van der Waals surface area contributed by atoms with E-state index in [0.29, 0.717) is 24.4 Å². The van der Waals surface area contributed by atoms with Gasteiger partial charge in [-0.3, -0.25) is 0 Å². The number of esters is 1. The molecule has 0 radical (unpaired) electrons. The fourth-order valence-electron chi connectivity index (χ4n) is 5.23. The summed E-state index contributed by atoms with van der Waals surface area (Å²) >= 11 is 0. The first-order valence-electron chi connectivity index (χ1n) is 12.2. The molecule has 1 aliphatic rings. The summed E-state index contributed by atoms with van der Waals surface area (Å²) in [6.07, 6.45) is 3.31. The largest absolute Gasteiger partial charge is 0.481 e. The fraction of sp³-hybridized carbons (Fsp3) is 0.500. The van der Waals surface area contributed by atoms with Crippen LogP contribution >= 0.6 is 0 Å². The minimum absolute atomic E-state index is 0.00324. The van der Waals surface area contributed by atoms with Crippen LogP contribution in [-0.2, 0) is 29.7 Å². The Kier molecular flexibility index (Phi) is 7.06. The maximum atomic E-state index is 13.2. The van der Waals surface area contributed by atoms with Crippen LogP contribution in [0.2, 0.25) is 0 Å². The number of benzene rings is 2. The number of hydrogen-bond acceptors (Lipinski definition) is 3. The Morgan fingerprint density at radius 1 is 1.12 bits per heavy atom. The molecule has 3 atom stereocenters. The summed E-state index contributed by atoms with van der Waals surface area (Å²) in [4.78, 5) is 13.2. The smallest absolute Gasteiger partial charge is 0.348 e. The first-order valence-corrected chi connectivity index (χ1v) is 12.2. The summed E-state index contributed by atoms with van der Waals surface area (Å²) in [6, 6.07) is 16.2. The molecule has 176 valence electrons. The third-order valence-corrected chi connectivity index (χ3v) is 7.21. The monoisotopic (exact) mass is 449 g/mol. The van der Waals surface area contributed by atoms with Gasteiger partial charge in [0, 0.05) is 0 Å². The number of hydrogen-bond donors (Lipinski definition) is 0. The fourth-order valence-corrected chi connectivity index (χ4v) is 5.23. The molecule has 0 aliphatic heterocycles. The van der Waals surface area contributed by atoms with E-state index < -0.39 is 0 Å². The number of carbonyl (C=O) groups is 1. The van der Waals surface area contributed by atoms with Gasteiger partial charge in [-0.05, 0) is 61.3 Å². The predicted molar refractivity (Wildman–Crippen MR) is 130 cm³/mol. The van der Waals surface area contributed by atoms with Gasteiger partial charge < -0.3 is 9.47 Å². The van der Waals surface area contributed by atoms with E-state index in [1.54, 1.807) is 0 Å². The van der Waals surface area contributed by atoms with E-state index in [9.17, 15) is 4.79 Å². The lowest BCUT2D eigenvalue weighted by Gasteiger charge is -2.36. The molecule has 4 rings (SSSR count). The predicted octanol–water partition coefficient (Wildman–Crippen LogP) is 5.36. The number of fused-ring (bicyclic) bond motifs is 1. The van der Waals surface area contributed by atoms with Crippen molar-refractivity contribution in [3.63, 3.8) is 0 Å². The van der Waals surface area contributed by atoms with E-state index in [-0.39, 0.29) is 18.6 Å². The zero-order valence-electron chi connectivity index (χ0n) is 20.6.